The lowest BCUT2D eigenvalue weighted by Gasteiger charge is -2.09. The average Bonchev–Trinajstić information content (AvgIpc) is 2.42. The molecule has 0 saturated carbocycles. The first-order valence-electron chi connectivity index (χ1n) is 6.20. The van der Waals surface area contributed by atoms with Crippen molar-refractivity contribution >= 4 is 17.4 Å². The Balaban J connectivity index is 2.50. The van der Waals surface area contributed by atoms with Gasteiger partial charge >= 0.3 is 0 Å². The van der Waals surface area contributed by atoms with E-state index in [2.05, 4.69) is 11.6 Å². The number of methoxy groups -OCH3 is 1. The second-order valence-electron chi connectivity index (χ2n) is 4.13. The quantitative estimate of drug-likeness (QED) is 0.429. The van der Waals surface area contributed by atoms with Crippen LogP contribution < -0.4 is 10.1 Å². The predicted octanol–water partition coefficient (Wildman–Crippen LogP) is 2.84. The van der Waals surface area contributed by atoms with Crippen molar-refractivity contribution in [2.45, 2.75) is 19.4 Å². The van der Waals surface area contributed by atoms with Gasteiger partial charge in [-0.2, -0.15) is 11.8 Å². The number of benzene rings is 1. The summed E-state index contributed by atoms with van der Waals surface area (Å²) in [4.78, 5) is 10.4. The number of nitro benzene ring substituents is 1. The number of nitro groups is 1. The van der Waals surface area contributed by atoms with Gasteiger partial charge in [-0.15, -0.1) is 0 Å². The molecule has 0 saturated heterocycles. The van der Waals surface area contributed by atoms with Gasteiger partial charge in [-0.3, -0.25) is 10.1 Å². The molecule has 0 atom stereocenters. The first-order chi connectivity index (χ1) is 9.19. The van der Waals surface area contributed by atoms with Gasteiger partial charge in [-0.1, -0.05) is 0 Å². The van der Waals surface area contributed by atoms with Gasteiger partial charge < -0.3 is 10.1 Å². The van der Waals surface area contributed by atoms with Crippen molar-refractivity contribution in [1.82, 2.24) is 5.32 Å². The lowest BCUT2D eigenvalue weighted by atomic mass is 10.1. The van der Waals surface area contributed by atoms with E-state index in [0.29, 0.717) is 12.3 Å². The molecule has 1 rings (SSSR count). The minimum Gasteiger partial charge on any atom is -0.496 e. The fourth-order valence-electron chi connectivity index (χ4n) is 1.74. The van der Waals surface area contributed by atoms with Crippen LogP contribution in [0.5, 0.6) is 5.75 Å². The molecule has 0 amide bonds. The molecule has 0 aliphatic rings. The highest BCUT2D eigenvalue weighted by molar-refractivity contribution is 7.98. The largest absolute Gasteiger partial charge is 0.496 e. The van der Waals surface area contributed by atoms with Crippen LogP contribution in [0.3, 0.4) is 0 Å². The van der Waals surface area contributed by atoms with Gasteiger partial charge in [0.1, 0.15) is 5.75 Å². The first-order valence-corrected chi connectivity index (χ1v) is 7.59. The Morgan fingerprint density at radius 2 is 2.21 bits per heavy atom. The number of nitrogens with one attached hydrogen (secondary N) is 1. The summed E-state index contributed by atoms with van der Waals surface area (Å²) in [6.45, 7) is 1.50. The second kappa shape index (κ2) is 8.77. The molecule has 0 heterocycles. The van der Waals surface area contributed by atoms with Gasteiger partial charge in [-0.25, -0.2) is 0 Å². The molecule has 0 radical (unpaired) electrons. The SMILES string of the molecule is COc1ccc([N+](=O)[O-])cc1CNCCCCSC. The van der Waals surface area contributed by atoms with Gasteiger partial charge in [0.05, 0.1) is 12.0 Å². The highest BCUT2D eigenvalue weighted by atomic mass is 32.2. The molecule has 0 aromatic heterocycles. The van der Waals surface area contributed by atoms with E-state index in [1.165, 1.54) is 18.2 Å². The summed E-state index contributed by atoms with van der Waals surface area (Å²) in [5.74, 6) is 1.85. The summed E-state index contributed by atoms with van der Waals surface area (Å²) in [5.41, 5.74) is 0.918. The van der Waals surface area contributed by atoms with E-state index < -0.39 is 0 Å². The number of unbranched alkanes of at least 4 members (excludes halogenated alkanes) is 1. The van der Waals surface area contributed by atoms with Crippen LogP contribution >= 0.6 is 11.8 Å². The van der Waals surface area contributed by atoms with Crippen LogP contribution in [-0.4, -0.2) is 30.6 Å². The molecule has 0 unspecified atom stereocenters. The Hall–Kier alpha value is -1.27. The van der Waals surface area contributed by atoms with E-state index in [1.54, 1.807) is 19.2 Å². The van der Waals surface area contributed by atoms with Crippen molar-refractivity contribution in [2.75, 3.05) is 25.7 Å². The Kier molecular flexibility index (Phi) is 7.28. The molecular formula is C13H20N2O3S. The molecule has 0 fully saturated rings. The average molecular weight is 284 g/mol. The molecule has 5 nitrogen and oxygen atoms in total. The van der Waals surface area contributed by atoms with Gasteiger partial charge in [-0.05, 0) is 37.5 Å². The first kappa shape index (κ1) is 15.8. The molecule has 1 N–H and O–H groups in total. The van der Waals surface area contributed by atoms with Crippen LogP contribution in [0.25, 0.3) is 0 Å². The highest BCUT2D eigenvalue weighted by Crippen LogP contribution is 2.23. The summed E-state index contributed by atoms with van der Waals surface area (Å²) in [5, 5.41) is 14.0. The number of ether oxygens (including phenoxy) is 1. The summed E-state index contributed by atoms with van der Waals surface area (Å²) < 4.78 is 5.21. The molecular weight excluding hydrogens is 264 g/mol. The maximum atomic E-state index is 10.7. The Labute approximate surface area is 117 Å². The van der Waals surface area contributed by atoms with E-state index >= 15 is 0 Å². The van der Waals surface area contributed by atoms with Crippen LogP contribution in [0.1, 0.15) is 18.4 Å². The van der Waals surface area contributed by atoms with Gasteiger partial charge in [0.25, 0.3) is 5.69 Å². The number of non-ortho nitro benzene ring substituents is 1. The zero-order chi connectivity index (χ0) is 14.1. The van der Waals surface area contributed by atoms with Gasteiger partial charge in [0, 0.05) is 24.2 Å². The molecule has 1 aromatic carbocycles. The number of nitrogens with zero attached hydrogens (tertiary/aromatic N) is 1. The normalized spacial score (nSPS) is 10.4. The van der Waals surface area contributed by atoms with Crippen molar-refractivity contribution in [1.29, 1.82) is 0 Å². The molecule has 6 heteroatoms. The molecule has 0 bridgehead atoms. The monoisotopic (exact) mass is 284 g/mol. The zero-order valence-corrected chi connectivity index (χ0v) is 12.2. The maximum Gasteiger partial charge on any atom is 0.270 e. The number of hydrogen-bond acceptors (Lipinski definition) is 5. The Morgan fingerprint density at radius 3 is 2.84 bits per heavy atom. The lowest BCUT2D eigenvalue weighted by molar-refractivity contribution is -0.384. The minimum absolute atomic E-state index is 0.0972. The highest BCUT2D eigenvalue weighted by Gasteiger charge is 2.10. The van der Waals surface area contributed by atoms with Crippen molar-refractivity contribution < 1.29 is 9.66 Å². The fraction of sp³-hybridized carbons (Fsp3) is 0.538. The Morgan fingerprint density at radius 1 is 1.42 bits per heavy atom. The number of rotatable bonds is 9. The standard InChI is InChI=1S/C13H20N2O3S/c1-18-13-6-5-12(15(16)17)9-11(13)10-14-7-3-4-8-19-2/h5-6,9,14H,3-4,7-8,10H2,1-2H3. The van der Waals surface area contributed by atoms with Crippen LogP contribution in [0, 0.1) is 10.1 Å². The predicted molar refractivity (Wildman–Crippen MR) is 79.0 cm³/mol. The van der Waals surface area contributed by atoms with Gasteiger partial charge in [0.15, 0.2) is 0 Å². The van der Waals surface area contributed by atoms with E-state index in [-0.39, 0.29) is 10.6 Å². The minimum atomic E-state index is -0.387. The number of hydrogen-bond donors (Lipinski definition) is 1. The molecule has 0 aliphatic carbocycles. The summed E-state index contributed by atoms with van der Waals surface area (Å²) in [6.07, 6.45) is 4.39. The van der Waals surface area contributed by atoms with E-state index in [0.717, 1.165) is 18.5 Å². The zero-order valence-electron chi connectivity index (χ0n) is 11.3. The van der Waals surface area contributed by atoms with Crippen LogP contribution in [0.2, 0.25) is 0 Å². The summed E-state index contributed by atoms with van der Waals surface area (Å²) in [6, 6.07) is 4.66. The Bertz CT molecular complexity index is 413. The maximum absolute atomic E-state index is 10.7. The third-order valence-corrected chi connectivity index (χ3v) is 3.44. The molecule has 1 aromatic rings. The van der Waals surface area contributed by atoms with E-state index in [9.17, 15) is 10.1 Å². The van der Waals surface area contributed by atoms with Crippen LogP contribution in [0.15, 0.2) is 18.2 Å². The lowest BCUT2D eigenvalue weighted by Crippen LogP contribution is -2.15. The second-order valence-corrected chi connectivity index (χ2v) is 5.12. The van der Waals surface area contributed by atoms with E-state index in [1.807, 2.05) is 11.8 Å². The van der Waals surface area contributed by atoms with Crippen molar-refractivity contribution in [3.63, 3.8) is 0 Å². The van der Waals surface area contributed by atoms with Crippen molar-refractivity contribution in [2.24, 2.45) is 0 Å². The van der Waals surface area contributed by atoms with Crippen LogP contribution in [-0.2, 0) is 6.54 Å². The fourth-order valence-corrected chi connectivity index (χ4v) is 2.23. The van der Waals surface area contributed by atoms with Crippen molar-refractivity contribution in [3.8, 4) is 5.75 Å². The van der Waals surface area contributed by atoms with Gasteiger partial charge in [0.2, 0.25) is 0 Å². The van der Waals surface area contributed by atoms with Crippen molar-refractivity contribution in [3.05, 3.63) is 33.9 Å². The van der Waals surface area contributed by atoms with Crippen LogP contribution in [0.4, 0.5) is 5.69 Å². The molecule has 106 valence electrons. The molecule has 0 spiro atoms. The topological polar surface area (TPSA) is 64.4 Å². The number of thioether (sulfide) groups is 1. The third kappa shape index (κ3) is 5.48. The molecule has 0 aliphatic heterocycles. The van der Waals surface area contributed by atoms with E-state index in [4.69, 9.17) is 4.74 Å². The summed E-state index contributed by atoms with van der Waals surface area (Å²) in [7, 11) is 1.57. The summed E-state index contributed by atoms with van der Waals surface area (Å²) >= 11 is 1.84. The smallest absolute Gasteiger partial charge is 0.270 e. The molecule has 19 heavy (non-hydrogen) atoms. The third-order valence-electron chi connectivity index (χ3n) is 2.74.